The van der Waals surface area contributed by atoms with Crippen molar-refractivity contribution < 1.29 is 30.4 Å². The number of alkyl halides is 2. The number of H-pyrrole nitrogens is 1. The van der Waals surface area contributed by atoms with Gasteiger partial charge in [-0.3, -0.25) is 5.10 Å². The zero-order valence-electron chi connectivity index (χ0n) is 15.2. The molecule has 0 saturated carbocycles. The van der Waals surface area contributed by atoms with E-state index in [1.54, 1.807) is 32.0 Å². The van der Waals surface area contributed by atoms with Crippen molar-refractivity contribution in [2.45, 2.75) is 53.2 Å². The van der Waals surface area contributed by atoms with Gasteiger partial charge >= 0.3 is 5.76 Å². The molecule has 0 aliphatic carbocycles. The number of aromatic nitrogens is 2. The van der Waals surface area contributed by atoms with Gasteiger partial charge in [-0.15, -0.1) is 0 Å². The Morgan fingerprint density at radius 2 is 1.96 bits per heavy atom. The molecule has 2 aromatic rings. The third-order valence-electron chi connectivity index (χ3n) is 4.96. The second-order valence-corrected chi connectivity index (χ2v) is 11.4. The average molecular weight is 434 g/mol. The lowest BCUT2D eigenvalue weighted by molar-refractivity contribution is -0.00221. The molecule has 0 radical (unpaired) electrons. The number of aromatic amines is 1. The molecule has 28 heavy (non-hydrogen) atoms. The summed E-state index contributed by atoms with van der Waals surface area (Å²) in [5, 5.41) is 5.04. The van der Waals surface area contributed by atoms with Crippen molar-refractivity contribution in [3.8, 4) is 0 Å². The summed E-state index contributed by atoms with van der Waals surface area (Å²) in [6.45, 7) is 3.51. The van der Waals surface area contributed by atoms with Gasteiger partial charge < -0.3 is 4.74 Å². The van der Waals surface area contributed by atoms with Crippen LogP contribution in [0.25, 0.3) is 0 Å². The van der Waals surface area contributed by atoms with E-state index in [4.69, 9.17) is 4.74 Å². The molecule has 1 N–H and O–H groups in total. The van der Waals surface area contributed by atoms with Gasteiger partial charge in [0.2, 0.25) is 0 Å². The van der Waals surface area contributed by atoms with Gasteiger partial charge in [-0.25, -0.2) is 16.8 Å². The topological polar surface area (TPSA) is 106 Å². The van der Waals surface area contributed by atoms with Gasteiger partial charge in [-0.05, 0) is 44.4 Å². The Hall–Kier alpha value is -1.85. The first-order chi connectivity index (χ1) is 13.0. The standard InChI is InChI=1S/C17H20F2N2O5S2/c1-11-4-3-5-12(8-11)28(24,25)17(2)6-7-26-14(10-17)13-9-15(21-20-13)27(22,23)16(18)19/h3-5,8-9,14,16H,6-7,10H2,1-2H3,(H,20,21)/t14-,17-/m1/s1. The fourth-order valence-electron chi connectivity index (χ4n) is 3.20. The molecule has 11 heteroatoms. The molecule has 1 aliphatic heterocycles. The summed E-state index contributed by atoms with van der Waals surface area (Å²) < 4.78 is 79.4. The van der Waals surface area contributed by atoms with E-state index >= 15 is 0 Å². The van der Waals surface area contributed by atoms with E-state index in [2.05, 4.69) is 10.2 Å². The molecule has 2 heterocycles. The third kappa shape index (κ3) is 3.58. The zero-order chi connectivity index (χ0) is 20.7. The maximum absolute atomic E-state index is 13.2. The van der Waals surface area contributed by atoms with Gasteiger partial charge in [0.25, 0.3) is 9.84 Å². The molecule has 0 unspecified atom stereocenters. The van der Waals surface area contributed by atoms with Crippen LogP contribution in [0.2, 0.25) is 0 Å². The minimum absolute atomic E-state index is 0.0274. The van der Waals surface area contributed by atoms with Gasteiger partial charge in [0.15, 0.2) is 14.9 Å². The van der Waals surface area contributed by atoms with E-state index in [0.717, 1.165) is 11.6 Å². The highest BCUT2D eigenvalue weighted by Crippen LogP contribution is 2.41. The molecule has 7 nitrogen and oxygen atoms in total. The van der Waals surface area contributed by atoms with Gasteiger partial charge in [0.1, 0.15) is 6.10 Å². The van der Waals surface area contributed by atoms with Crippen LogP contribution in [0.3, 0.4) is 0 Å². The van der Waals surface area contributed by atoms with Crippen LogP contribution in [0, 0.1) is 6.92 Å². The second-order valence-electron chi connectivity index (χ2n) is 7.05. The number of aryl methyl sites for hydroxylation is 1. The summed E-state index contributed by atoms with van der Waals surface area (Å²) in [4.78, 5) is 0.196. The van der Waals surface area contributed by atoms with Gasteiger partial charge in [0.05, 0.1) is 15.3 Å². The summed E-state index contributed by atoms with van der Waals surface area (Å²) in [7, 11) is -8.56. The largest absolute Gasteiger partial charge is 0.372 e. The van der Waals surface area contributed by atoms with Gasteiger partial charge in [-0.2, -0.15) is 13.9 Å². The van der Waals surface area contributed by atoms with Crippen LogP contribution in [-0.2, 0) is 24.4 Å². The van der Waals surface area contributed by atoms with Crippen LogP contribution in [-0.4, -0.2) is 44.1 Å². The van der Waals surface area contributed by atoms with Crippen LogP contribution in [0.5, 0.6) is 0 Å². The van der Waals surface area contributed by atoms with Crippen molar-refractivity contribution in [1.82, 2.24) is 10.2 Å². The minimum atomic E-state index is -4.85. The van der Waals surface area contributed by atoms with Crippen LogP contribution >= 0.6 is 0 Å². The Morgan fingerprint density at radius 1 is 1.25 bits per heavy atom. The van der Waals surface area contributed by atoms with Crippen LogP contribution in [0.15, 0.2) is 40.3 Å². The number of rotatable bonds is 5. The number of hydrogen-bond donors (Lipinski definition) is 1. The number of sulfone groups is 2. The number of hydrogen-bond acceptors (Lipinski definition) is 6. The average Bonchev–Trinajstić information content (AvgIpc) is 3.12. The van der Waals surface area contributed by atoms with Gasteiger partial charge in [0, 0.05) is 12.7 Å². The quantitative estimate of drug-likeness (QED) is 0.776. The number of nitrogens with one attached hydrogen (secondary N) is 1. The fraction of sp³-hybridized carbons (Fsp3) is 0.471. The van der Waals surface area contributed by atoms with E-state index in [1.165, 1.54) is 6.07 Å². The van der Waals surface area contributed by atoms with Crippen molar-refractivity contribution in [3.63, 3.8) is 0 Å². The van der Waals surface area contributed by atoms with Crippen LogP contribution < -0.4 is 0 Å². The molecule has 1 fully saturated rings. The Balaban J connectivity index is 1.91. The van der Waals surface area contributed by atoms with E-state index in [9.17, 15) is 25.6 Å². The molecule has 3 rings (SSSR count). The van der Waals surface area contributed by atoms with E-state index < -0.39 is 41.3 Å². The van der Waals surface area contributed by atoms with Crippen molar-refractivity contribution >= 4 is 19.7 Å². The molecular formula is C17H20F2N2O5S2. The maximum atomic E-state index is 13.2. The van der Waals surface area contributed by atoms with Gasteiger partial charge in [-0.1, -0.05) is 12.1 Å². The third-order valence-corrected chi connectivity index (χ3v) is 8.77. The van der Waals surface area contributed by atoms with E-state index in [-0.39, 0.29) is 30.0 Å². The fourth-order valence-corrected chi connectivity index (χ4v) is 5.74. The molecule has 0 amide bonds. The molecule has 0 spiro atoms. The number of nitrogens with zero attached hydrogens (tertiary/aromatic N) is 1. The maximum Gasteiger partial charge on any atom is 0.342 e. The van der Waals surface area contributed by atoms with E-state index in [1.807, 2.05) is 0 Å². The Bertz CT molecular complexity index is 1080. The molecule has 2 atom stereocenters. The lowest BCUT2D eigenvalue weighted by Crippen LogP contribution is -2.42. The molecule has 154 valence electrons. The highest BCUT2D eigenvalue weighted by atomic mass is 32.2. The summed E-state index contributed by atoms with van der Waals surface area (Å²) in [5.74, 6) is -3.59. The van der Waals surface area contributed by atoms with Crippen molar-refractivity contribution in [2.75, 3.05) is 6.61 Å². The highest BCUT2D eigenvalue weighted by molar-refractivity contribution is 7.92. The number of benzene rings is 1. The van der Waals surface area contributed by atoms with E-state index in [0.29, 0.717) is 0 Å². The minimum Gasteiger partial charge on any atom is -0.372 e. The molecule has 1 aromatic heterocycles. The summed E-state index contributed by atoms with van der Waals surface area (Å²) in [6, 6.07) is 7.55. The van der Waals surface area contributed by atoms with Crippen molar-refractivity contribution in [2.24, 2.45) is 0 Å². The normalized spacial score (nSPS) is 23.8. The Labute approximate surface area is 161 Å². The first-order valence-corrected chi connectivity index (χ1v) is 11.5. The van der Waals surface area contributed by atoms with Crippen molar-refractivity contribution in [3.05, 3.63) is 41.6 Å². The first-order valence-electron chi connectivity index (χ1n) is 8.48. The monoisotopic (exact) mass is 434 g/mol. The summed E-state index contributed by atoms with van der Waals surface area (Å²) >= 11 is 0. The number of ether oxygens (including phenoxy) is 1. The Kier molecular flexibility index (Phi) is 5.36. The molecule has 0 bridgehead atoms. The first kappa shape index (κ1) is 20.9. The predicted octanol–water partition coefficient (Wildman–Crippen LogP) is 2.80. The Morgan fingerprint density at radius 3 is 2.61 bits per heavy atom. The number of halogens is 2. The predicted molar refractivity (Wildman–Crippen MR) is 96.5 cm³/mol. The molecule has 1 saturated heterocycles. The lowest BCUT2D eigenvalue weighted by atomic mass is 9.95. The molecule has 1 aliphatic rings. The smallest absolute Gasteiger partial charge is 0.342 e. The summed E-state index contributed by atoms with van der Waals surface area (Å²) in [6.07, 6.45) is -0.539. The second kappa shape index (κ2) is 7.20. The zero-order valence-corrected chi connectivity index (χ0v) is 16.9. The molecule has 1 aromatic carbocycles. The highest BCUT2D eigenvalue weighted by Gasteiger charge is 2.45. The lowest BCUT2D eigenvalue weighted by Gasteiger charge is -2.37. The summed E-state index contributed by atoms with van der Waals surface area (Å²) in [5.41, 5.74) is 0.952. The van der Waals surface area contributed by atoms with Crippen molar-refractivity contribution in [1.29, 1.82) is 0 Å². The van der Waals surface area contributed by atoms with Crippen LogP contribution in [0.4, 0.5) is 8.78 Å². The SMILES string of the molecule is Cc1cccc(S(=O)(=O)[C@]2(C)CCO[C@@H](c3cc(S(=O)(=O)C(F)F)n[nH]3)C2)c1. The molecular weight excluding hydrogens is 414 g/mol. The van der Waals surface area contributed by atoms with Crippen LogP contribution in [0.1, 0.15) is 37.1 Å².